The van der Waals surface area contributed by atoms with Crippen LogP contribution in [0.4, 0.5) is 5.82 Å². The lowest BCUT2D eigenvalue weighted by Gasteiger charge is -2.48. The second kappa shape index (κ2) is 7.94. The van der Waals surface area contributed by atoms with Gasteiger partial charge in [0, 0.05) is 17.3 Å². The molecule has 0 spiro atoms. The Morgan fingerprint density at radius 2 is 1.86 bits per heavy atom. The molecule has 1 unspecified atom stereocenters. The first-order valence-electron chi connectivity index (χ1n) is 7.62. The minimum atomic E-state index is -0.126. The van der Waals surface area contributed by atoms with Gasteiger partial charge in [0.2, 0.25) is 0 Å². The van der Waals surface area contributed by atoms with Gasteiger partial charge in [0.15, 0.2) is 0 Å². The number of nitrogen functional groups attached to an aromatic ring is 1. The van der Waals surface area contributed by atoms with Crippen molar-refractivity contribution in [3.05, 3.63) is 22.8 Å². The van der Waals surface area contributed by atoms with Gasteiger partial charge in [0.25, 0.3) is 0 Å². The Morgan fingerprint density at radius 1 is 1.29 bits per heavy atom. The molecule has 1 rings (SSSR count). The highest BCUT2D eigenvalue weighted by atomic mass is 35.5. The highest BCUT2D eigenvalue weighted by Gasteiger charge is 2.41. The number of aromatic nitrogens is 1. The monoisotopic (exact) mass is 313 g/mol. The largest absolute Gasteiger partial charge is 0.383 e. The number of hydrogen-bond acceptors (Lipinski definition) is 5. The minimum Gasteiger partial charge on any atom is -0.383 e. The molecule has 0 radical (unpaired) electrons. The molecule has 1 aromatic rings. The number of likely N-dealkylation sites (N-methyl/N-ethyl adjacent to an activating group) is 1. The molecule has 0 saturated carbocycles. The number of anilines is 1. The molecular weight excluding hydrogens is 286 g/mol. The molecule has 5 N–H and O–H groups in total. The fraction of sp³-hybridized carbons (Fsp3) is 0.667. The molecule has 0 aliphatic heterocycles. The lowest BCUT2D eigenvalue weighted by Crippen LogP contribution is -2.57. The maximum Gasteiger partial charge on any atom is 0.128 e. The van der Waals surface area contributed by atoms with Crippen molar-refractivity contribution < 1.29 is 0 Å². The molecule has 1 atom stereocenters. The number of hydrazine groups is 1. The number of nitrogens with one attached hydrogen (secondary N) is 1. The van der Waals surface area contributed by atoms with Crippen molar-refractivity contribution in [3.8, 4) is 0 Å². The summed E-state index contributed by atoms with van der Waals surface area (Å²) in [5.74, 6) is 6.38. The van der Waals surface area contributed by atoms with Crippen molar-refractivity contribution in [2.45, 2.75) is 52.1 Å². The predicted molar refractivity (Wildman–Crippen MR) is 90.0 cm³/mol. The Hall–Kier alpha value is -0.880. The van der Waals surface area contributed by atoms with E-state index in [0.717, 1.165) is 31.5 Å². The normalized spacial score (nSPS) is 13.7. The van der Waals surface area contributed by atoms with Crippen LogP contribution >= 0.6 is 11.6 Å². The van der Waals surface area contributed by atoms with Crippen LogP contribution in [0, 0.1) is 0 Å². The van der Waals surface area contributed by atoms with E-state index in [0.29, 0.717) is 10.8 Å². The van der Waals surface area contributed by atoms with Crippen LogP contribution in [0.15, 0.2) is 12.3 Å². The highest BCUT2D eigenvalue weighted by Crippen LogP contribution is 2.39. The summed E-state index contributed by atoms with van der Waals surface area (Å²) < 4.78 is 0. The average Bonchev–Trinajstić information content (AvgIpc) is 2.50. The van der Waals surface area contributed by atoms with Crippen LogP contribution in [-0.4, -0.2) is 28.5 Å². The van der Waals surface area contributed by atoms with Crippen LogP contribution in [0.3, 0.4) is 0 Å². The summed E-state index contributed by atoms with van der Waals surface area (Å²) in [4.78, 5) is 6.60. The molecule has 5 nitrogen and oxygen atoms in total. The van der Waals surface area contributed by atoms with Gasteiger partial charge in [0.1, 0.15) is 5.82 Å². The van der Waals surface area contributed by atoms with Crippen LogP contribution in [0.2, 0.25) is 5.02 Å². The molecule has 0 amide bonds. The van der Waals surface area contributed by atoms with E-state index in [2.05, 4.69) is 43.0 Å². The molecule has 6 heteroatoms. The number of rotatable bonds is 8. The first kappa shape index (κ1) is 18.2. The third-order valence-electron chi connectivity index (χ3n) is 4.55. The fourth-order valence-corrected chi connectivity index (χ4v) is 3.54. The van der Waals surface area contributed by atoms with Gasteiger partial charge in [-0.25, -0.2) is 4.98 Å². The average molecular weight is 314 g/mol. The van der Waals surface area contributed by atoms with E-state index in [9.17, 15) is 0 Å². The SMILES string of the molecule is CCN(CC)C(CC)(CC)C(NN)c1cc(Cl)cnc1N. The zero-order valence-electron chi connectivity index (χ0n) is 13.5. The van der Waals surface area contributed by atoms with Crippen molar-refractivity contribution in [2.75, 3.05) is 18.8 Å². The molecule has 0 bridgehead atoms. The van der Waals surface area contributed by atoms with Crippen LogP contribution in [0.1, 0.15) is 52.1 Å². The van der Waals surface area contributed by atoms with E-state index < -0.39 is 0 Å². The Morgan fingerprint density at radius 3 is 2.29 bits per heavy atom. The van der Waals surface area contributed by atoms with Gasteiger partial charge in [-0.3, -0.25) is 16.2 Å². The van der Waals surface area contributed by atoms with Gasteiger partial charge in [0.05, 0.1) is 11.1 Å². The Labute approximate surface area is 133 Å². The zero-order chi connectivity index (χ0) is 16.0. The zero-order valence-corrected chi connectivity index (χ0v) is 14.2. The summed E-state index contributed by atoms with van der Waals surface area (Å²) in [5.41, 5.74) is 9.76. The number of nitrogens with two attached hydrogens (primary N) is 2. The molecule has 0 aromatic carbocycles. The second-order valence-corrected chi connectivity index (χ2v) is 5.65. The Balaban J connectivity index is 3.40. The van der Waals surface area contributed by atoms with Gasteiger partial charge >= 0.3 is 0 Å². The number of pyridine rings is 1. The van der Waals surface area contributed by atoms with Crippen LogP contribution in [0.5, 0.6) is 0 Å². The number of nitrogens with zero attached hydrogens (tertiary/aromatic N) is 2. The molecule has 1 heterocycles. The summed E-state index contributed by atoms with van der Waals surface area (Å²) in [7, 11) is 0. The summed E-state index contributed by atoms with van der Waals surface area (Å²) in [6.07, 6.45) is 3.46. The van der Waals surface area contributed by atoms with Gasteiger partial charge in [-0.1, -0.05) is 39.3 Å². The maximum atomic E-state index is 6.10. The van der Waals surface area contributed by atoms with Crippen LogP contribution < -0.4 is 17.0 Å². The van der Waals surface area contributed by atoms with Gasteiger partial charge < -0.3 is 5.73 Å². The van der Waals surface area contributed by atoms with Gasteiger partial charge in [-0.15, -0.1) is 0 Å². The Bertz CT molecular complexity index is 444. The van der Waals surface area contributed by atoms with E-state index in [1.165, 1.54) is 0 Å². The van der Waals surface area contributed by atoms with Gasteiger partial charge in [-0.05, 0) is 32.0 Å². The van der Waals surface area contributed by atoms with E-state index in [4.69, 9.17) is 23.2 Å². The summed E-state index contributed by atoms with van der Waals surface area (Å²) in [6, 6.07) is 1.73. The lowest BCUT2D eigenvalue weighted by molar-refractivity contribution is 0.0488. The molecule has 21 heavy (non-hydrogen) atoms. The molecular formula is C15H28ClN5. The van der Waals surface area contributed by atoms with E-state index >= 15 is 0 Å². The maximum absolute atomic E-state index is 6.10. The Kier molecular flexibility index (Phi) is 6.87. The van der Waals surface area contributed by atoms with Crippen molar-refractivity contribution >= 4 is 17.4 Å². The second-order valence-electron chi connectivity index (χ2n) is 5.21. The molecule has 0 aliphatic rings. The summed E-state index contributed by atoms with van der Waals surface area (Å²) in [6.45, 7) is 10.6. The fourth-order valence-electron chi connectivity index (χ4n) is 3.37. The van der Waals surface area contributed by atoms with Crippen molar-refractivity contribution in [1.29, 1.82) is 0 Å². The topological polar surface area (TPSA) is 80.2 Å². The van der Waals surface area contributed by atoms with E-state index in [1.54, 1.807) is 6.20 Å². The highest BCUT2D eigenvalue weighted by molar-refractivity contribution is 6.30. The van der Waals surface area contributed by atoms with Crippen molar-refractivity contribution in [2.24, 2.45) is 5.84 Å². The van der Waals surface area contributed by atoms with Gasteiger partial charge in [-0.2, -0.15) is 0 Å². The summed E-state index contributed by atoms with van der Waals surface area (Å²) >= 11 is 6.10. The lowest BCUT2D eigenvalue weighted by atomic mass is 9.79. The van der Waals surface area contributed by atoms with Crippen LogP contribution in [-0.2, 0) is 0 Å². The molecule has 0 saturated heterocycles. The minimum absolute atomic E-state index is 0.126. The smallest absolute Gasteiger partial charge is 0.128 e. The summed E-state index contributed by atoms with van der Waals surface area (Å²) in [5, 5.41) is 0.570. The predicted octanol–water partition coefficient (Wildman–Crippen LogP) is 2.72. The number of hydrogen-bond donors (Lipinski definition) is 3. The first-order valence-corrected chi connectivity index (χ1v) is 8.00. The quantitative estimate of drug-likeness (QED) is 0.508. The third-order valence-corrected chi connectivity index (χ3v) is 4.76. The van der Waals surface area contributed by atoms with Crippen molar-refractivity contribution in [3.63, 3.8) is 0 Å². The van der Waals surface area contributed by atoms with E-state index in [-0.39, 0.29) is 11.6 Å². The molecule has 0 fully saturated rings. The van der Waals surface area contributed by atoms with Crippen LogP contribution in [0.25, 0.3) is 0 Å². The standard InChI is InChI=1S/C15H28ClN5/c1-5-15(6-2,21(7-3)8-4)13(20-18)12-9-11(16)10-19-14(12)17/h9-10,13,20H,5-8,18H2,1-4H3,(H2,17,19). The van der Waals surface area contributed by atoms with Crippen molar-refractivity contribution in [1.82, 2.24) is 15.3 Å². The molecule has 1 aromatic heterocycles. The number of halogens is 1. The first-order chi connectivity index (χ1) is 10.00. The third kappa shape index (κ3) is 3.48. The van der Waals surface area contributed by atoms with E-state index in [1.807, 2.05) is 6.07 Å². The molecule has 120 valence electrons. The molecule has 0 aliphatic carbocycles.